The van der Waals surface area contributed by atoms with Gasteiger partial charge in [0, 0.05) is 18.4 Å². The number of nitrogens with two attached hydrogens (primary N) is 1. The summed E-state index contributed by atoms with van der Waals surface area (Å²) in [5.74, 6) is 4.30. The van der Waals surface area contributed by atoms with E-state index in [0.717, 1.165) is 18.3 Å². The van der Waals surface area contributed by atoms with Gasteiger partial charge >= 0.3 is 0 Å². The predicted molar refractivity (Wildman–Crippen MR) is 74.7 cm³/mol. The highest BCUT2D eigenvalue weighted by Crippen LogP contribution is 2.39. The lowest BCUT2D eigenvalue weighted by molar-refractivity contribution is 0.345. The lowest BCUT2D eigenvalue weighted by atomic mass is 9.81. The highest BCUT2D eigenvalue weighted by molar-refractivity contribution is 5.42. The zero-order valence-corrected chi connectivity index (χ0v) is 11.7. The van der Waals surface area contributed by atoms with E-state index in [4.69, 9.17) is 10.7 Å². The van der Waals surface area contributed by atoms with Crippen LogP contribution in [0.15, 0.2) is 0 Å². The molecule has 2 N–H and O–H groups in total. The number of hydrogen-bond donors (Lipinski definition) is 1. The Kier molecular flexibility index (Phi) is 3.08. The van der Waals surface area contributed by atoms with E-state index in [0.29, 0.717) is 11.8 Å². The fourth-order valence-electron chi connectivity index (χ4n) is 3.63. The van der Waals surface area contributed by atoms with Crippen molar-refractivity contribution in [2.45, 2.75) is 70.8 Å². The van der Waals surface area contributed by atoms with Crippen molar-refractivity contribution < 1.29 is 0 Å². The van der Waals surface area contributed by atoms with Crippen LogP contribution < -0.4 is 5.73 Å². The van der Waals surface area contributed by atoms with Gasteiger partial charge < -0.3 is 10.3 Å². The third-order valence-corrected chi connectivity index (χ3v) is 4.93. The number of nitrogens with zero attached hydrogens (tertiary/aromatic N) is 2. The Morgan fingerprint density at radius 1 is 1.11 bits per heavy atom. The van der Waals surface area contributed by atoms with Crippen LogP contribution >= 0.6 is 0 Å². The molecule has 0 saturated heterocycles. The van der Waals surface area contributed by atoms with Crippen molar-refractivity contribution in [3.63, 3.8) is 0 Å². The Bertz CT molecular complexity index is 427. The number of hydrogen-bond acceptors (Lipinski definition) is 2. The second kappa shape index (κ2) is 4.60. The van der Waals surface area contributed by atoms with Crippen LogP contribution in [0.5, 0.6) is 0 Å². The van der Waals surface area contributed by atoms with Crippen molar-refractivity contribution in [1.29, 1.82) is 0 Å². The van der Waals surface area contributed by atoms with E-state index < -0.39 is 0 Å². The van der Waals surface area contributed by atoms with E-state index in [-0.39, 0.29) is 0 Å². The van der Waals surface area contributed by atoms with Gasteiger partial charge in [0.05, 0.1) is 5.69 Å². The fourth-order valence-corrected chi connectivity index (χ4v) is 3.63. The molecule has 0 amide bonds. The zero-order valence-electron chi connectivity index (χ0n) is 11.7. The molecule has 3 nitrogen and oxygen atoms in total. The molecule has 18 heavy (non-hydrogen) atoms. The maximum Gasteiger partial charge on any atom is 0.127 e. The quantitative estimate of drug-likeness (QED) is 0.823. The Labute approximate surface area is 110 Å². The molecule has 3 rings (SSSR count). The molecule has 1 aliphatic heterocycles. The van der Waals surface area contributed by atoms with Crippen LogP contribution in [0.4, 0.5) is 5.82 Å². The standard InChI is InChI=1S/C15H25N3/c1-10-5-7-12(8-6-10)13-14(16)18-9-3-4-11(2)15(18)17-13/h10-12H,3-9,16H2,1-2H3. The van der Waals surface area contributed by atoms with Crippen molar-refractivity contribution in [2.24, 2.45) is 5.92 Å². The SMILES string of the molecule is CC1CCC(c2nc3n(c2N)CCCC3C)CC1. The summed E-state index contributed by atoms with van der Waals surface area (Å²) in [7, 11) is 0. The predicted octanol–water partition coefficient (Wildman–Crippen LogP) is 3.66. The zero-order chi connectivity index (χ0) is 12.7. The van der Waals surface area contributed by atoms with Crippen molar-refractivity contribution in [3.8, 4) is 0 Å². The maximum atomic E-state index is 6.35. The summed E-state index contributed by atoms with van der Waals surface area (Å²) >= 11 is 0. The summed E-state index contributed by atoms with van der Waals surface area (Å²) in [5.41, 5.74) is 7.57. The lowest BCUT2D eigenvalue weighted by Gasteiger charge is -2.25. The van der Waals surface area contributed by atoms with Gasteiger partial charge in [0.2, 0.25) is 0 Å². The van der Waals surface area contributed by atoms with Crippen LogP contribution in [-0.4, -0.2) is 9.55 Å². The molecule has 0 spiro atoms. The molecular weight excluding hydrogens is 222 g/mol. The maximum absolute atomic E-state index is 6.35. The molecule has 1 saturated carbocycles. The van der Waals surface area contributed by atoms with Crippen LogP contribution in [0.2, 0.25) is 0 Å². The number of anilines is 1. The summed E-state index contributed by atoms with van der Waals surface area (Å²) in [5, 5.41) is 0. The third-order valence-electron chi connectivity index (χ3n) is 4.93. The van der Waals surface area contributed by atoms with Crippen molar-refractivity contribution in [1.82, 2.24) is 9.55 Å². The molecule has 1 unspecified atom stereocenters. The monoisotopic (exact) mass is 247 g/mol. The van der Waals surface area contributed by atoms with Gasteiger partial charge in [-0.2, -0.15) is 0 Å². The number of fused-ring (bicyclic) bond motifs is 1. The van der Waals surface area contributed by atoms with Crippen LogP contribution in [0.3, 0.4) is 0 Å². The number of aromatic nitrogens is 2. The first-order valence-electron chi connectivity index (χ1n) is 7.52. The Balaban J connectivity index is 1.89. The minimum atomic E-state index is 0.581. The van der Waals surface area contributed by atoms with Crippen molar-refractivity contribution in [3.05, 3.63) is 11.5 Å². The second-order valence-corrected chi connectivity index (χ2v) is 6.39. The van der Waals surface area contributed by atoms with E-state index in [1.54, 1.807) is 0 Å². The molecule has 1 aromatic heterocycles. The minimum Gasteiger partial charge on any atom is -0.384 e. The molecule has 1 fully saturated rings. The van der Waals surface area contributed by atoms with Crippen molar-refractivity contribution in [2.75, 3.05) is 5.73 Å². The van der Waals surface area contributed by atoms with Crippen LogP contribution in [0.1, 0.15) is 75.7 Å². The average molecular weight is 247 g/mol. The molecule has 0 bridgehead atoms. The molecule has 2 aliphatic rings. The van der Waals surface area contributed by atoms with E-state index in [1.807, 2.05) is 0 Å². The summed E-state index contributed by atoms with van der Waals surface area (Å²) in [6.07, 6.45) is 7.73. The summed E-state index contributed by atoms with van der Waals surface area (Å²) in [6.45, 7) is 5.71. The molecule has 0 aromatic carbocycles. The summed E-state index contributed by atoms with van der Waals surface area (Å²) in [6, 6.07) is 0. The highest BCUT2D eigenvalue weighted by Gasteiger charge is 2.28. The van der Waals surface area contributed by atoms with E-state index in [1.165, 1.54) is 50.0 Å². The first-order chi connectivity index (χ1) is 8.66. The number of imidazole rings is 1. The van der Waals surface area contributed by atoms with E-state index in [2.05, 4.69) is 18.4 Å². The topological polar surface area (TPSA) is 43.8 Å². The number of nitrogen functional groups attached to an aromatic ring is 1. The Morgan fingerprint density at radius 3 is 2.50 bits per heavy atom. The smallest absolute Gasteiger partial charge is 0.127 e. The van der Waals surface area contributed by atoms with Gasteiger partial charge in [0.25, 0.3) is 0 Å². The lowest BCUT2D eigenvalue weighted by Crippen LogP contribution is -2.15. The first-order valence-corrected chi connectivity index (χ1v) is 7.52. The first kappa shape index (κ1) is 12.1. The van der Waals surface area contributed by atoms with Gasteiger partial charge in [0.15, 0.2) is 0 Å². The third kappa shape index (κ3) is 1.94. The number of rotatable bonds is 1. The summed E-state index contributed by atoms with van der Waals surface area (Å²) < 4.78 is 2.28. The van der Waals surface area contributed by atoms with Crippen LogP contribution in [0.25, 0.3) is 0 Å². The molecule has 3 heteroatoms. The minimum absolute atomic E-state index is 0.581. The summed E-state index contributed by atoms with van der Waals surface area (Å²) in [4.78, 5) is 4.92. The van der Waals surface area contributed by atoms with Gasteiger partial charge in [-0.1, -0.05) is 26.7 Å². The van der Waals surface area contributed by atoms with Crippen LogP contribution in [-0.2, 0) is 6.54 Å². The van der Waals surface area contributed by atoms with Crippen LogP contribution in [0, 0.1) is 5.92 Å². The van der Waals surface area contributed by atoms with E-state index in [9.17, 15) is 0 Å². The Morgan fingerprint density at radius 2 is 1.83 bits per heavy atom. The van der Waals surface area contributed by atoms with Gasteiger partial charge in [-0.05, 0) is 31.6 Å². The van der Waals surface area contributed by atoms with Gasteiger partial charge in [-0.15, -0.1) is 0 Å². The molecule has 2 heterocycles. The van der Waals surface area contributed by atoms with Crippen molar-refractivity contribution >= 4 is 5.82 Å². The Hall–Kier alpha value is -0.990. The molecule has 1 aliphatic carbocycles. The van der Waals surface area contributed by atoms with Gasteiger partial charge in [-0.3, -0.25) is 0 Å². The van der Waals surface area contributed by atoms with Gasteiger partial charge in [0.1, 0.15) is 11.6 Å². The molecular formula is C15H25N3. The molecule has 0 radical (unpaired) electrons. The largest absolute Gasteiger partial charge is 0.384 e. The average Bonchev–Trinajstić information content (AvgIpc) is 2.70. The highest BCUT2D eigenvalue weighted by atomic mass is 15.2. The molecule has 1 aromatic rings. The molecule has 100 valence electrons. The van der Waals surface area contributed by atoms with E-state index >= 15 is 0 Å². The fraction of sp³-hybridized carbons (Fsp3) is 0.800. The molecule has 1 atom stereocenters. The van der Waals surface area contributed by atoms with Gasteiger partial charge in [-0.25, -0.2) is 4.98 Å². The second-order valence-electron chi connectivity index (χ2n) is 6.39. The normalized spacial score (nSPS) is 32.2.